The van der Waals surface area contributed by atoms with E-state index in [-0.39, 0.29) is 17.1 Å². The van der Waals surface area contributed by atoms with Crippen LogP contribution in [0.5, 0.6) is 0 Å². The highest BCUT2D eigenvalue weighted by atomic mass is 16.2. The van der Waals surface area contributed by atoms with E-state index in [0.717, 1.165) is 32.5 Å². The van der Waals surface area contributed by atoms with Crippen molar-refractivity contribution in [1.82, 2.24) is 15.5 Å². The Morgan fingerprint density at radius 3 is 2.27 bits per heavy atom. The molecule has 2 amide bonds. The van der Waals surface area contributed by atoms with E-state index in [0.29, 0.717) is 0 Å². The lowest BCUT2D eigenvalue weighted by molar-refractivity contribution is 0.0748. The number of likely N-dealkylation sites (tertiary alicyclic amines) is 1. The van der Waals surface area contributed by atoms with Gasteiger partial charge in [-0.25, -0.2) is 4.79 Å². The minimum absolute atomic E-state index is 0.000733. The third-order valence-electron chi connectivity index (χ3n) is 3.64. The molecule has 0 aromatic rings. The summed E-state index contributed by atoms with van der Waals surface area (Å²) in [7, 11) is 0. The van der Waals surface area contributed by atoms with Crippen LogP contribution in [0.15, 0.2) is 0 Å². The van der Waals surface area contributed by atoms with Gasteiger partial charge in [-0.15, -0.1) is 0 Å². The molecular weight excluding hydrogens is 190 g/mol. The van der Waals surface area contributed by atoms with Crippen LogP contribution < -0.4 is 10.6 Å². The van der Waals surface area contributed by atoms with Crippen molar-refractivity contribution in [3.63, 3.8) is 0 Å². The average Bonchev–Trinajstić information content (AvgIpc) is 2.47. The molecule has 86 valence electrons. The quantitative estimate of drug-likeness (QED) is 0.626. The van der Waals surface area contributed by atoms with Crippen LogP contribution in [0.3, 0.4) is 0 Å². The normalized spacial score (nSPS) is 26.5. The monoisotopic (exact) mass is 211 g/mol. The molecule has 0 saturated carbocycles. The number of nitrogens with one attached hydrogen (secondary N) is 2. The lowest BCUT2D eigenvalue weighted by Crippen LogP contribution is -2.56. The largest absolute Gasteiger partial charge is 0.336 e. The van der Waals surface area contributed by atoms with E-state index in [1.54, 1.807) is 0 Å². The maximum absolute atomic E-state index is 11.2. The van der Waals surface area contributed by atoms with Gasteiger partial charge in [0.25, 0.3) is 0 Å². The predicted molar refractivity (Wildman–Crippen MR) is 59.8 cm³/mol. The summed E-state index contributed by atoms with van der Waals surface area (Å²) in [5.74, 6) is 0. The summed E-state index contributed by atoms with van der Waals surface area (Å²) in [5, 5.41) is 5.93. The predicted octanol–water partition coefficient (Wildman–Crippen LogP) is 0.932. The molecule has 2 N–H and O–H groups in total. The molecule has 2 rings (SSSR count). The number of urea groups is 1. The highest BCUT2D eigenvalue weighted by Crippen LogP contribution is 2.28. The molecule has 0 atom stereocenters. The van der Waals surface area contributed by atoms with E-state index in [1.165, 1.54) is 0 Å². The smallest absolute Gasteiger partial charge is 0.315 e. The number of hydrogen-bond acceptors (Lipinski definition) is 2. The van der Waals surface area contributed by atoms with Crippen LogP contribution in [0.4, 0.5) is 4.79 Å². The van der Waals surface area contributed by atoms with Gasteiger partial charge in [0.2, 0.25) is 0 Å². The molecule has 1 spiro atoms. The Balaban J connectivity index is 1.95. The first-order chi connectivity index (χ1) is 6.91. The maximum Gasteiger partial charge on any atom is 0.315 e. The van der Waals surface area contributed by atoms with Gasteiger partial charge in [-0.05, 0) is 33.6 Å². The molecule has 0 aromatic carbocycles. The molecule has 0 unspecified atom stereocenters. The third-order valence-corrected chi connectivity index (χ3v) is 3.64. The topological polar surface area (TPSA) is 44.4 Å². The summed E-state index contributed by atoms with van der Waals surface area (Å²) in [6.07, 6.45) is 2.12. The van der Waals surface area contributed by atoms with E-state index >= 15 is 0 Å². The number of amides is 2. The van der Waals surface area contributed by atoms with E-state index < -0.39 is 0 Å². The molecule has 2 saturated heterocycles. The Bertz CT molecular complexity index is 261. The molecular formula is C11H21N3O. The summed E-state index contributed by atoms with van der Waals surface area (Å²) in [4.78, 5) is 13.6. The number of carbonyl (C=O) groups excluding carboxylic acids is 1. The highest BCUT2D eigenvalue weighted by molar-refractivity contribution is 5.77. The maximum atomic E-state index is 11.2. The Hall–Kier alpha value is -0.770. The fourth-order valence-corrected chi connectivity index (χ4v) is 2.49. The Morgan fingerprint density at radius 1 is 1.27 bits per heavy atom. The van der Waals surface area contributed by atoms with Crippen molar-refractivity contribution >= 4 is 6.03 Å². The van der Waals surface area contributed by atoms with Gasteiger partial charge in [0.15, 0.2) is 0 Å². The zero-order valence-corrected chi connectivity index (χ0v) is 9.89. The minimum Gasteiger partial charge on any atom is -0.336 e. The van der Waals surface area contributed by atoms with Crippen molar-refractivity contribution in [3.8, 4) is 0 Å². The summed E-state index contributed by atoms with van der Waals surface area (Å²) in [6.45, 7) is 9.68. The van der Waals surface area contributed by atoms with Crippen molar-refractivity contribution in [2.45, 2.75) is 44.7 Å². The SMILES string of the molecule is CC(C)(C)N1CCC2(CC1)CNC(=O)N2. The highest BCUT2D eigenvalue weighted by Gasteiger charge is 2.41. The van der Waals surface area contributed by atoms with Gasteiger partial charge >= 0.3 is 6.03 Å². The second-order valence-electron chi connectivity index (χ2n) is 5.75. The average molecular weight is 211 g/mol. The lowest BCUT2D eigenvalue weighted by Gasteiger charge is -2.44. The zero-order chi connectivity index (χ0) is 11.1. The number of piperidine rings is 1. The van der Waals surface area contributed by atoms with Crippen LogP contribution >= 0.6 is 0 Å². The number of rotatable bonds is 0. The van der Waals surface area contributed by atoms with Gasteiger partial charge in [0, 0.05) is 25.2 Å². The number of nitrogens with zero attached hydrogens (tertiary/aromatic N) is 1. The van der Waals surface area contributed by atoms with Crippen molar-refractivity contribution in [2.24, 2.45) is 0 Å². The van der Waals surface area contributed by atoms with Crippen LogP contribution in [0, 0.1) is 0 Å². The van der Waals surface area contributed by atoms with Gasteiger partial charge < -0.3 is 10.6 Å². The van der Waals surface area contributed by atoms with Gasteiger partial charge in [0.05, 0.1) is 5.54 Å². The Labute approximate surface area is 91.4 Å². The van der Waals surface area contributed by atoms with Crippen LogP contribution in [0.25, 0.3) is 0 Å². The van der Waals surface area contributed by atoms with Crippen LogP contribution in [0.2, 0.25) is 0 Å². The molecule has 0 aliphatic carbocycles. The molecule has 4 heteroatoms. The lowest BCUT2D eigenvalue weighted by atomic mass is 9.86. The van der Waals surface area contributed by atoms with Crippen LogP contribution in [0.1, 0.15) is 33.6 Å². The first kappa shape index (κ1) is 10.7. The van der Waals surface area contributed by atoms with Gasteiger partial charge in [-0.2, -0.15) is 0 Å². The molecule has 2 heterocycles. The zero-order valence-electron chi connectivity index (χ0n) is 9.89. The third kappa shape index (κ3) is 2.09. The Morgan fingerprint density at radius 2 is 1.87 bits per heavy atom. The first-order valence-corrected chi connectivity index (χ1v) is 5.72. The van der Waals surface area contributed by atoms with Gasteiger partial charge in [-0.3, -0.25) is 4.90 Å². The second-order valence-corrected chi connectivity index (χ2v) is 5.75. The first-order valence-electron chi connectivity index (χ1n) is 5.72. The summed E-state index contributed by atoms with van der Waals surface area (Å²) in [6, 6.07) is -0.000733. The molecule has 0 bridgehead atoms. The molecule has 15 heavy (non-hydrogen) atoms. The molecule has 0 aromatic heterocycles. The molecule has 0 radical (unpaired) electrons. The Kier molecular flexibility index (Phi) is 2.41. The minimum atomic E-state index is -0.000733. The second kappa shape index (κ2) is 3.37. The van der Waals surface area contributed by atoms with Crippen LogP contribution in [-0.4, -0.2) is 41.6 Å². The number of hydrogen-bond donors (Lipinski definition) is 2. The number of carbonyl (C=O) groups is 1. The van der Waals surface area contributed by atoms with E-state index in [2.05, 4.69) is 36.3 Å². The standard InChI is InChI=1S/C11H21N3O/c1-10(2,3)14-6-4-11(5-7-14)8-12-9(15)13-11/h4-8H2,1-3H3,(H2,12,13,15). The fourth-order valence-electron chi connectivity index (χ4n) is 2.49. The van der Waals surface area contributed by atoms with Gasteiger partial charge in [0.1, 0.15) is 0 Å². The van der Waals surface area contributed by atoms with Crippen molar-refractivity contribution < 1.29 is 4.79 Å². The van der Waals surface area contributed by atoms with Crippen molar-refractivity contribution in [1.29, 1.82) is 0 Å². The summed E-state index contributed by atoms with van der Waals surface area (Å²) < 4.78 is 0. The molecule has 2 aliphatic heterocycles. The molecule has 2 aliphatic rings. The summed E-state index contributed by atoms with van der Waals surface area (Å²) in [5.41, 5.74) is 0.288. The fraction of sp³-hybridized carbons (Fsp3) is 0.909. The van der Waals surface area contributed by atoms with Gasteiger partial charge in [-0.1, -0.05) is 0 Å². The van der Waals surface area contributed by atoms with E-state index in [1.807, 2.05) is 0 Å². The van der Waals surface area contributed by atoms with E-state index in [4.69, 9.17) is 0 Å². The summed E-state index contributed by atoms with van der Waals surface area (Å²) >= 11 is 0. The van der Waals surface area contributed by atoms with Crippen molar-refractivity contribution in [3.05, 3.63) is 0 Å². The van der Waals surface area contributed by atoms with E-state index in [9.17, 15) is 4.79 Å². The molecule has 4 nitrogen and oxygen atoms in total. The molecule has 2 fully saturated rings. The van der Waals surface area contributed by atoms with Crippen LogP contribution in [-0.2, 0) is 0 Å². The van der Waals surface area contributed by atoms with Crippen molar-refractivity contribution in [2.75, 3.05) is 19.6 Å².